The minimum absolute atomic E-state index is 0.161. The molecule has 1 unspecified atom stereocenters. The lowest BCUT2D eigenvalue weighted by molar-refractivity contribution is 0.414. The van der Waals surface area contributed by atoms with E-state index < -0.39 is 17.7 Å². The molecular weight excluding hydrogens is 274 g/mol. The summed E-state index contributed by atoms with van der Waals surface area (Å²) in [6, 6.07) is 11.0. The first-order valence-corrected chi connectivity index (χ1v) is 6.59. The highest BCUT2D eigenvalue weighted by molar-refractivity contribution is 5.52. The van der Waals surface area contributed by atoms with Crippen molar-refractivity contribution in [3.8, 4) is 5.75 Å². The van der Waals surface area contributed by atoms with Crippen LogP contribution in [0.2, 0.25) is 0 Å². The number of likely N-dealkylation sites (N-methyl/N-ethyl adjacent to an activating group) is 1. The van der Waals surface area contributed by atoms with Gasteiger partial charge in [-0.3, -0.25) is 0 Å². The van der Waals surface area contributed by atoms with E-state index in [1.165, 1.54) is 6.07 Å². The average molecular weight is 292 g/mol. The minimum Gasteiger partial charge on any atom is -0.497 e. The normalized spacial score (nSPS) is 12.0. The van der Waals surface area contributed by atoms with Gasteiger partial charge < -0.3 is 15.4 Å². The molecular formula is C16H18F2N2O. The summed E-state index contributed by atoms with van der Waals surface area (Å²) in [5.74, 6) is -1.04. The van der Waals surface area contributed by atoms with E-state index in [4.69, 9.17) is 10.5 Å². The highest BCUT2D eigenvalue weighted by Gasteiger charge is 2.21. The van der Waals surface area contributed by atoms with Gasteiger partial charge in [-0.25, -0.2) is 8.78 Å². The van der Waals surface area contributed by atoms with Gasteiger partial charge >= 0.3 is 0 Å². The molecule has 0 radical (unpaired) electrons. The summed E-state index contributed by atoms with van der Waals surface area (Å²) >= 11 is 0. The van der Waals surface area contributed by atoms with Crippen LogP contribution < -0.4 is 15.4 Å². The molecule has 0 saturated heterocycles. The van der Waals surface area contributed by atoms with Gasteiger partial charge in [0.05, 0.1) is 13.2 Å². The number of hydrogen-bond donors (Lipinski definition) is 1. The van der Waals surface area contributed by atoms with Crippen LogP contribution in [0.5, 0.6) is 5.75 Å². The van der Waals surface area contributed by atoms with Crippen molar-refractivity contribution in [3.05, 3.63) is 59.7 Å². The number of nitrogens with zero attached hydrogens (tertiary/aromatic N) is 1. The molecule has 0 aliphatic rings. The van der Waals surface area contributed by atoms with Crippen molar-refractivity contribution in [3.63, 3.8) is 0 Å². The summed E-state index contributed by atoms with van der Waals surface area (Å²) in [4.78, 5) is 1.81. The summed E-state index contributed by atoms with van der Waals surface area (Å²) in [7, 11) is 3.36. The second-order valence-corrected chi connectivity index (χ2v) is 4.71. The van der Waals surface area contributed by atoms with Gasteiger partial charge in [-0.15, -0.1) is 0 Å². The van der Waals surface area contributed by atoms with Crippen LogP contribution in [-0.4, -0.2) is 20.7 Å². The predicted molar refractivity (Wildman–Crippen MR) is 79.6 cm³/mol. The number of halogens is 2. The molecule has 1 atom stereocenters. The van der Waals surface area contributed by atoms with Gasteiger partial charge in [0, 0.05) is 30.9 Å². The highest BCUT2D eigenvalue weighted by atomic mass is 19.2. The fourth-order valence-corrected chi connectivity index (χ4v) is 2.28. The topological polar surface area (TPSA) is 38.5 Å². The molecule has 0 aliphatic heterocycles. The van der Waals surface area contributed by atoms with E-state index in [0.29, 0.717) is 5.75 Å². The second-order valence-electron chi connectivity index (χ2n) is 4.71. The fourth-order valence-electron chi connectivity index (χ4n) is 2.28. The van der Waals surface area contributed by atoms with Gasteiger partial charge in [-0.05, 0) is 18.2 Å². The van der Waals surface area contributed by atoms with Crippen LogP contribution in [0.15, 0.2) is 42.5 Å². The van der Waals surface area contributed by atoms with Crippen LogP contribution in [-0.2, 0) is 0 Å². The Morgan fingerprint density at radius 1 is 1.19 bits per heavy atom. The summed E-state index contributed by atoms with van der Waals surface area (Å²) in [6.45, 7) is 0.161. The van der Waals surface area contributed by atoms with Crippen LogP contribution in [0, 0.1) is 11.6 Å². The third-order valence-corrected chi connectivity index (χ3v) is 3.49. The third kappa shape index (κ3) is 3.13. The largest absolute Gasteiger partial charge is 0.497 e. The van der Waals surface area contributed by atoms with E-state index in [1.807, 2.05) is 24.3 Å². The zero-order chi connectivity index (χ0) is 15.4. The number of hydrogen-bond acceptors (Lipinski definition) is 3. The van der Waals surface area contributed by atoms with Crippen LogP contribution >= 0.6 is 0 Å². The molecule has 0 aliphatic carbocycles. The molecule has 5 heteroatoms. The predicted octanol–water partition coefficient (Wildman–Crippen LogP) is 3.11. The van der Waals surface area contributed by atoms with E-state index in [2.05, 4.69) is 0 Å². The molecule has 3 nitrogen and oxygen atoms in total. The van der Waals surface area contributed by atoms with Crippen LogP contribution in [0.4, 0.5) is 14.5 Å². The highest BCUT2D eigenvalue weighted by Crippen LogP contribution is 2.29. The second kappa shape index (κ2) is 6.54. The lowest BCUT2D eigenvalue weighted by Crippen LogP contribution is -2.31. The monoisotopic (exact) mass is 292 g/mol. The number of anilines is 1. The first-order valence-electron chi connectivity index (χ1n) is 6.59. The molecule has 2 aromatic carbocycles. The fraction of sp³-hybridized carbons (Fsp3) is 0.250. The lowest BCUT2D eigenvalue weighted by Gasteiger charge is -2.30. The van der Waals surface area contributed by atoms with Crippen molar-refractivity contribution < 1.29 is 13.5 Å². The zero-order valence-electron chi connectivity index (χ0n) is 12.0. The first-order chi connectivity index (χ1) is 10.1. The van der Waals surface area contributed by atoms with Crippen molar-refractivity contribution in [2.75, 3.05) is 25.6 Å². The maximum atomic E-state index is 14.0. The molecule has 0 amide bonds. The molecule has 0 saturated carbocycles. The van der Waals surface area contributed by atoms with E-state index >= 15 is 0 Å². The van der Waals surface area contributed by atoms with Gasteiger partial charge in [-0.2, -0.15) is 0 Å². The van der Waals surface area contributed by atoms with Crippen LogP contribution in [0.1, 0.15) is 11.6 Å². The number of benzene rings is 2. The van der Waals surface area contributed by atoms with E-state index in [9.17, 15) is 8.78 Å². The average Bonchev–Trinajstić information content (AvgIpc) is 2.52. The Kier molecular flexibility index (Phi) is 4.75. The van der Waals surface area contributed by atoms with Crippen LogP contribution in [0.25, 0.3) is 0 Å². The van der Waals surface area contributed by atoms with Crippen LogP contribution in [0.3, 0.4) is 0 Å². The van der Waals surface area contributed by atoms with Gasteiger partial charge in [0.25, 0.3) is 0 Å². The van der Waals surface area contributed by atoms with Crippen molar-refractivity contribution in [1.29, 1.82) is 0 Å². The van der Waals surface area contributed by atoms with Gasteiger partial charge in [0.1, 0.15) is 5.75 Å². The molecule has 21 heavy (non-hydrogen) atoms. The molecule has 0 fully saturated rings. The van der Waals surface area contributed by atoms with Crippen molar-refractivity contribution in [2.45, 2.75) is 6.04 Å². The zero-order valence-corrected chi connectivity index (χ0v) is 12.0. The number of ether oxygens (including phenoxy) is 1. The van der Waals surface area contributed by atoms with E-state index in [1.54, 1.807) is 25.1 Å². The summed E-state index contributed by atoms with van der Waals surface area (Å²) in [5.41, 5.74) is 6.82. The Labute approximate surface area is 122 Å². The SMILES string of the molecule is COc1cccc(N(C)C(CN)c2cccc(F)c2F)c1. The summed E-state index contributed by atoms with van der Waals surface area (Å²) < 4.78 is 32.6. The maximum absolute atomic E-state index is 14.0. The van der Waals surface area contributed by atoms with Gasteiger partial charge in [0.2, 0.25) is 0 Å². The van der Waals surface area contributed by atoms with Gasteiger partial charge in [0.15, 0.2) is 11.6 Å². The van der Waals surface area contributed by atoms with E-state index in [0.717, 1.165) is 11.8 Å². The van der Waals surface area contributed by atoms with Crippen molar-refractivity contribution >= 4 is 5.69 Å². The third-order valence-electron chi connectivity index (χ3n) is 3.49. The number of methoxy groups -OCH3 is 1. The lowest BCUT2D eigenvalue weighted by atomic mass is 10.0. The molecule has 0 aromatic heterocycles. The molecule has 112 valence electrons. The summed E-state index contributed by atoms with van der Waals surface area (Å²) in [6.07, 6.45) is 0. The molecule has 2 rings (SSSR count). The molecule has 2 N–H and O–H groups in total. The van der Waals surface area contributed by atoms with Gasteiger partial charge in [-0.1, -0.05) is 18.2 Å². The first kappa shape index (κ1) is 15.3. The quantitative estimate of drug-likeness (QED) is 0.920. The Morgan fingerprint density at radius 3 is 2.57 bits per heavy atom. The van der Waals surface area contributed by atoms with Crippen molar-refractivity contribution in [2.24, 2.45) is 5.73 Å². The molecule has 0 heterocycles. The summed E-state index contributed by atoms with van der Waals surface area (Å²) in [5, 5.41) is 0. The molecule has 0 spiro atoms. The standard InChI is InChI=1S/C16H18F2N2O/c1-20(11-5-3-6-12(9-11)21-2)15(10-19)13-7-4-8-14(17)16(13)18/h3-9,15H,10,19H2,1-2H3. The number of rotatable bonds is 5. The maximum Gasteiger partial charge on any atom is 0.164 e. The Hall–Kier alpha value is -2.14. The minimum atomic E-state index is -0.870. The molecule has 2 aromatic rings. The Morgan fingerprint density at radius 2 is 1.90 bits per heavy atom. The number of nitrogens with two attached hydrogens (primary N) is 1. The Bertz CT molecular complexity index is 619. The smallest absolute Gasteiger partial charge is 0.164 e. The Balaban J connectivity index is 2.38. The molecule has 0 bridgehead atoms. The van der Waals surface area contributed by atoms with E-state index in [-0.39, 0.29) is 12.1 Å². The van der Waals surface area contributed by atoms with Crippen molar-refractivity contribution in [1.82, 2.24) is 0 Å².